The molecule has 0 N–H and O–H groups in total. The quantitative estimate of drug-likeness (QED) is 0.130. The maximum Gasteiger partial charge on any atom is 0.306 e. The topological polar surface area (TPSA) is 52.6 Å². The lowest BCUT2D eigenvalue weighted by Gasteiger charge is -2.13. The molecule has 0 radical (unpaired) electrons. The number of esters is 2. The average molecular weight is 427 g/mol. The zero-order valence-corrected chi connectivity index (χ0v) is 20.4. The van der Waals surface area contributed by atoms with Gasteiger partial charge in [-0.1, -0.05) is 90.9 Å². The molecule has 0 rings (SSSR count). The fraction of sp³-hybridized carbons (Fsp3) is 0.923. The summed E-state index contributed by atoms with van der Waals surface area (Å²) in [4.78, 5) is 23.4. The van der Waals surface area contributed by atoms with Crippen LogP contribution in [0.4, 0.5) is 0 Å². The van der Waals surface area contributed by atoms with Crippen molar-refractivity contribution in [3.05, 3.63) is 0 Å². The Morgan fingerprint density at radius 2 is 1.07 bits per heavy atom. The zero-order valence-electron chi connectivity index (χ0n) is 20.4. The van der Waals surface area contributed by atoms with Gasteiger partial charge in [-0.05, 0) is 39.0 Å². The molecule has 30 heavy (non-hydrogen) atoms. The van der Waals surface area contributed by atoms with Crippen LogP contribution in [0.1, 0.15) is 143 Å². The molecule has 0 spiro atoms. The molecule has 0 bridgehead atoms. The summed E-state index contributed by atoms with van der Waals surface area (Å²) in [6, 6.07) is 0. The Labute approximate surface area is 186 Å². The molecule has 0 saturated heterocycles. The Balaban J connectivity index is 3.36. The molecule has 0 aromatic rings. The van der Waals surface area contributed by atoms with Crippen LogP contribution in [-0.2, 0) is 19.1 Å². The van der Waals surface area contributed by atoms with Gasteiger partial charge in [-0.3, -0.25) is 9.59 Å². The Hall–Kier alpha value is -1.06. The minimum absolute atomic E-state index is 0.0315. The van der Waals surface area contributed by atoms with Gasteiger partial charge in [0.1, 0.15) is 0 Å². The van der Waals surface area contributed by atoms with Crippen molar-refractivity contribution < 1.29 is 19.1 Å². The van der Waals surface area contributed by atoms with Crippen LogP contribution >= 0.6 is 0 Å². The molecule has 0 fully saturated rings. The lowest BCUT2D eigenvalue weighted by molar-refractivity contribution is -0.148. The first-order chi connectivity index (χ1) is 14.6. The van der Waals surface area contributed by atoms with Crippen molar-refractivity contribution in [3.63, 3.8) is 0 Å². The number of hydrogen-bond donors (Lipinski definition) is 0. The Morgan fingerprint density at radius 1 is 0.600 bits per heavy atom. The maximum atomic E-state index is 11.8. The van der Waals surface area contributed by atoms with Crippen LogP contribution in [0.2, 0.25) is 0 Å². The number of carbonyl (C=O) groups excluding carboxylic acids is 2. The minimum Gasteiger partial charge on any atom is -0.466 e. The van der Waals surface area contributed by atoms with Gasteiger partial charge in [0.25, 0.3) is 0 Å². The van der Waals surface area contributed by atoms with Crippen LogP contribution in [0, 0.1) is 0 Å². The molecule has 0 amide bonds. The maximum absolute atomic E-state index is 11.8. The Bertz CT molecular complexity index is 394. The lowest BCUT2D eigenvalue weighted by Crippen LogP contribution is -2.14. The van der Waals surface area contributed by atoms with Gasteiger partial charge in [0.05, 0.1) is 12.7 Å². The molecule has 0 aliphatic rings. The van der Waals surface area contributed by atoms with Gasteiger partial charge in [0.15, 0.2) is 0 Å². The van der Waals surface area contributed by atoms with E-state index in [0.717, 1.165) is 51.4 Å². The first kappa shape index (κ1) is 28.9. The van der Waals surface area contributed by atoms with Crippen LogP contribution in [0.25, 0.3) is 0 Å². The van der Waals surface area contributed by atoms with Crippen molar-refractivity contribution in [3.8, 4) is 0 Å². The normalized spacial score (nSPS) is 12.0. The predicted octanol–water partition coefficient (Wildman–Crippen LogP) is 7.91. The van der Waals surface area contributed by atoms with Crippen molar-refractivity contribution in [2.24, 2.45) is 0 Å². The monoisotopic (exact) mass is 426 g/mol. The molecule has 4 nitrogen and oxygen atoms in total. The number of unbranched alkanes of at least 4 members (excludes halogenated alkanes) is 13. The van der Waals surface area contributed by atoms with Gasteiger partial charge in [0.2, 0.25) is 0 Å². The smallest absolute Gasteiger partial charge is 0.306 e. The van der Waals surface area contributed by atoms with E-state index in [1.807, 2.05) is 6.92 Å². The highest BCUT2D eigenvalue weighted by atomic mass is 16.5. The predicted molar refractivity (Wildman–Crippen MR) is 126 cm³/mol. The van der Waals surface area contributed by atoms with Crippen LogP contribution in [0.15, 0.2) is 0 Å². The van der Waals surface area contributed by atoms with Crippen molar-refractivity contribution in [1.29, 1.82) is 0 Å². The van der Waals surface area contributed by atoms with Crippen molar-refractivity contribution in [1.82, 2.24) is 0 Å². The zero-order chi connectivity index (χ0) is 22.3. The van der Waals surface area contributed by atoms with Gasteiger partial charge < -0.3 is 9.47 Å². The Morgan fingerprint density at radius 3 is 1.67 bits per heavy atom. The third-order valence-corrected chi connectivity index (χ3v) is 5.57. The second-order valence-corrected chi connectivity index (χ2v) is 8.76. The highest BCUT2D eigenvalue weighted by Gasteiger charge is 2.09. The largest absolute Gasteiger partial charge is 0.466 e. The van der Waals surface area contributed by atoms with Gasteiger partial charge in [0, 0.05) is 12.8 Å². The van der Waals surface area contributed by atoms with E-state index in [2.05, 4.69) is 13.8 Å². The van der Waals surface area contributed by atoms with E-state index in [0.29, 0.717) is 19.4 Å². The molecule has 4 heteroatoms. The highest BCUT2D eigenvalue weighted by molar-refractivity contribution is 5.69. The molecule has 0 heterocycles. The second kappa shape index (κ2) is 22.6. The van der Waals surface area contributed by atoms with Gasteiger partial charge in [-0.25, -0.2) is 0 Å². The summed E-state index contributed by atoms with van der Waals surface area (Å²) < 4.78 is 10.8. The van der Waals surface area contributed by atoms with E-state index >= 15 is 0 Å². The van der Waals surface area contributed by atoms with Crippen LogP contribution < -0.4 is 0 Å². The van der Waals surface area contributed by atoms with Crippen LogP contribution in [0.3, 0.4) is 0 Å². The van der Waals surface area contributed by atoms with Crippen molar-refractivity contribution >= 4 is 11.9 Å². The fourth-order valence-electron chi connectivity index (χ4n) is 3.59. The van der Waals surface area contributed by atoms with Crippen LogP contribution in [-0.4, -0.2) is 24.6 Å². The molecule has 0 saturated carbocycles. The van der Waals surface area contributed by atoms with E-state index in [1.54, 1.807) is 0 Å². The Kier molecular flexibility index (Phi) is 21.8. The van der Waals surface area contributed by atoms with E-state index in [4.69, 9.17) is 9.47 Å². The first-order valence-electron chi connectivity index (χ1n) is 12.9. The van der Waals surface area contributed by atoms with E-state index in [9.17, 15) is 9.59 Å². The number of rotatable bonds is 22. The summed E-state index contributed by atoms with van der Waals surface area (Å²) >= 11 is 0. The average Bonchev–Trinajstić information content (AvgIpc) is 2.72. The number of ether oxygens (including phenoxy) is 2. The third-order valence-electron chi connectivity index (χ3n) is 5.57. The highest BCUT2D eigenvalue weighted by Crippen LogP contribution is 2.12. The molecular weight excluding hydrogens is 376 g/mol. The van der Waals surface area contributed by atoms with Crippen molar-refractivity contribution in [2.75, 3.05) is 6.61 Å². The first-order valence-corrected chi connectivity index (χ1v) is 12.9. The van der Waals surface area contributed by atoms with Gasteiger partial charge >= 0.3 is 11.9 Å². The fourth-order valence-corrected chi connectivity index (χ4v) is 3.59. The number of carbonyl (C=O) groups is 2. The molecule has 178 valence electrons. The summed E-state index contributed by atoms with van der Waals surface area (Å²) in [7, 11) is 0. The molecule has 0 aliphatic heterocycles. The summed E-state index contributed by atoms with van der Waals surface area (Å²) in [5, 5.41) is 0. The summed E-state index contributed by atoms with van der Waals surface area (Å²) in [5.41, 5.74) is 0. The molecule has 1 unspecified atom stereocenters. The summed E-state index contributed by atoms with van der Waals surface area (Å²) in [6.45, 7) is 6.97. The molecule has 0 aromatic carbocycles. The summed E-state index contributed by atoms with van der Waals surface area (Å²) in [5.74, 6) is -0.0644. The second-order valence-electron chi connectivity index (χ2n) is 8.76. The molecular formula is C26H50O4. The lowest BCUT2D eigenvalue weighted by atomic mass is 10.1. The minimum atomic E-state index is -0.0329. The van der Waals surface area contributed by atoms with Gasteiger partial charge in [-0.2, -0.15) is 0 Å². The third kappa shape index (κ3) is 21.6. The number of hydrogen-bond acceptors (Lipinski definition) is 4. The molecule has 0 aromatic heterocycles. The molecule has 0 aliphatic carbocycles. The standard InChI is InChI=1S/C26H50O4/c1-4-6-8-12-17-21-25(27)29-23-19-15-11-10-14-16-20-24(3)30-26(28)22-18-13-9-7-5-2/h24H,4-23H2,1-3H3. The van der Waals surface area contributed by atoms with E-state index in [1.165, 1.54) is 57.8 Å². The molecule has 1 atom stereocenters. The van der Waals surface area contributed by atoms with Crippen molar-refractivity contribution in [2.45, 2.75) is 149 Å². The van der Waals surface area contributed by atoms with Crippen LogP contribution in [0.5, 0.6) is 0 Å². The summed E-state index contributed by atoms with van der Waals surface area (Å²) in [6.07, 6.45) is 20.5. The van der Waals surface area contributed by atoms with E-state index < -0.39 is 0 Å². The van der Waals surface area contributed by atoms with E-state index in [-0.39, 0.29) is 18.0 Å². The SMILES string of the molecule is CCCCCCCC(=O)OCCCCCCCCC(C)OC(=O)CCCCCCC. The van der Waals surface area contributed by atoms with Gasteiger partial charge in [-0.15, -0.1) is 0 Å².